The van der Waals surface area contributed by atoms with Crippen LogP contribution in [0.15, 0.2) is 0 Å². The summed E-state index contributed by atoms with van der Waals surface area (Å²) in [6, 6.07) is 0. The minimum absolute atomic E-state index is 0.159. The molecule has 4 heteroatoms. The summed E-state index contributed by atoms with van der Waals surface area (Å²) in [6.45, 7) is 5.05. The molecule has 0 bridgehead atoms. The number of nitrogens with two attached hydrogens (primary N) is 1. The zero-order valence-electron chi connectivity index (χ0n) is 7.30. The van der Waals surface area contributed by atoms with Crippen molar-refractivity contribution >= 4 is 15.0 Å². The Bertz CT molecular complexity index is 88.5. The molecule has 1 unspecified atom stereocenters. The van der Waals surface area contributed by atoms with Crippen LogP contribution >= 0.6 is 9.24 Å². The molecule has 0 saturated heterocycles. The highest BCUT2D eigenvalue weighted by Gasteiger charge is 1.90. The Kier molecular flexibility index (Phi) is 15.7. The van der Waals surface area contributed by atoms with Crippen molar-refractivity contribution in [2.75, 3.05) is 26.4 Å². The van der Waals surface area contributed by atoms with E-state index in [1.54, 1.807) is 6.92 Å². The van der Waals surface area contributed by atoms with E-state index in [4.69, 9.17) is 10.5 Å². The van der Waals surface area contributed by atoms with Crippen LogP contribution < -0.4 is 5.73 Å². The van der Waals surface area contributed by atoms with E-state index < -0.39 is 0 Å². The molecule has 0 rings (SSSR count). The molecular formula is C7H18NO2P. The molecule has 0 aromatic heterocycles. The quantitative estimate of drug-likeness (QED) is 0.492. The maximum absolute atomic E-state index is 10.3. The minimum Gasteiger partial charge on any atom is -0.380 e. The topological polar surface area (TPSA) is 52.3 Å². The largest absolute Gasteiger partial charge is 0.380 e. The summed E-state index contributed by atoms with van der Waals surface area (Å²) in [5.74, 6) is 0.159. The summed E-state index contributed by atoms with van der Waals surface area (Å²) >= 11 is 0. The Morgan fingerprint density at radius 1 is 1.45 bits per heavy atom. The van der Waals surface area contributed by atoms with Crippen molar-refractivity contribution in [1.29, 1.82) is 0 Å². The van der Waals surface area contributed by atoms with E-state index >= 15 is 0 Å². The van der Waals surface area contributed by atoms with E-state index in [0.29, 0.717) is 26.2 Å². The normalized spacial score (nSPS) is 8.36. The van der Waals surface area contributed by atoms with Crippen molar-refractivity contribution in [3.05, 3.63) is 0 Å². The van der Waals surface area contributed by atoms with Gasteiger partial charge in [0.1, 0.15) is 5.78 Å². The summed E-state index contributed by atoms with van der Waals surface area (Å²) in [5, 5.41) is 0. The Labute approximate surface area is 70.9 Å². The van der Waals surface area contributed by atoms with E-state index in [1.807, 2.05) is 6.66 Å². The van der Waals surface area contributed by atoms with Crippen LogP contribution in [0.5, 0.6) is 0 Å². The highest BCUT2D eigenvalue weighted by molar-refractivity contribution is 7.15. The first-order valence-electron chi connectivity index (χ1n) is 3.62. The van der Waals surface area contributed by atoms with Gasteiger partial charge in [0.15, 0.2) is 0 Å². The van der Waals surface area contributed by atoms with Crippen molar-refractivity contribution in [3.63, 3.8) is 0 Å². The van der Waals surface area contributed by atoms with Crippen LogP contribution in [0.2, 0.25) is 0 Å². The lowest BCUT2D eigenvalue weighted by atomic mass is 10.3. The average molecular weight is 179 g/mol. The first-order chi connectivity index (χ1) is 5.27. The lowest BCUT2D eigenvalue weighted by molar-refractivity contribution is -0.118. The summed E-state index contributed by atoms with van der Waals surface area (Å²) < 4.78 is 4.95. The van der Waals surface area contributed by atoms with E-state index in [9.17, 15) is 4.79 Å². The van der Waals surface area contributed by atoms with Crippen LogP contribution in [-0.4, -0.2) is 32.2 Å². The van der Waals surface area contributed by atoms with Gasteiger partial charge in [-0.2, -0.15) is 0 Å². The predicted molar refractivity (Wildman–Crippen MR) is 50.8 cm³/mol. The molecular weight excluding hydrogens is 161 g/mol. The molecule has 0 aromatic rings. The van der Waals surface area contributed by atoms with Gasteiger partial charge in [-0.25, -0.2) is 0 Å². The van der Waals surface area contributed by atoms with Crippen molar-refractivity contribution in [1.82, 2.24) is 0 Å². The summed E-state index contributed by atoms with van der Waals surface area (Å²) in [4.78, 5) is 10.3. The summed E-state index contributed by atoms with van der Waals surface area (Å²) in [7, 11) is 2.42. The van der Waals surface area contributed by atoms with E-state index in [0.717, 1.165) is 0 Å². The van der Waals surface area contributed by atoms with Gasteiger partial charge in [-0.1, -0.05) is 6.66 Å². The number of Topliss-reactive ketones (excluding diaryl/α,β-unsaturated/α-hetero) is 1. The standard InChI is InChI=1S/C6H13NO2.CH5P/c1-6(8)2-4-9-5-3-7;1-2/h2-5,7H2,1H3;2H2,1H3. The molecule has 0 saturated carbocycles. The molecule has 3 nitrogen and oxygen atoms in total. The van der Waals surface area contributed by atoms with Gasteiger partial charge in [0.05, 0.1) is 13.2 Å². The minimum atomic E-state index is 0.159. The SMILES string of the molecule is CC(=O)CCOCCN.CP. The summed E-state index contributed by atoms with van der Waals surface area (Å²) in [6.07, 6.45) is 0.500. The van der Waals surface area contributed by atoms with Gasteiger partial charge in [-0.3, -0.25) is 4.79 Å². The second-order valence-electron chi connectivity index (χ2n) is 1.85. The van der Waals surface area contributed by atoms with Crippen LogP contribution in [0, 0.1) is 0 Å². The first kappa shape index (κ1) is 13.6. The number of ketones is 1. The number of ether oxygens (including phenoxy) is 1. The fraction of sp³-hybridized carbons (Fsp3) is 0.857. The second-order valence-corrected chi connectivity index (χ2v) is 1.85. The molecule has 0 heterocycles. The van der Waals surface area contributed by atoms with Crippen LogP contribution in [0.25, 0.3) is 0 Å². The van der Waals surface area contributed by atoms with Gasteiger partial charge in [0.25, 0.3) is 0 Å². The average Bonchev–Trinajstić information content (AvgIpc) is 2.02. The van der Waals surface area contributed by atoms with Gasteiger partial charge < -0.3 is 10.5 Å². The smallest absolute Gasteiger partial charge is 0.132 e. The Morgan fingerprint density at radius 2 is 2.00 bits per heavy atom. The van der Waals surface area contributed by atoms with E-state index in [-0.39, 0.29) is 5.78 Å². The van der Waals surface area contributed by atoms with Crippen LogP contribution in [-0.2, 0) is 9.53 Å². The van der Waals surface area contributed by atoms with Crippen LogP contribution in [0.3, 0.4) is 0 Å². The third kappa shape index (κ3) is 17.8. The van der Waals surface area contributed by atoms with Crippen molar-refractivity contribution in [3.8, 4) is 0 Å². The number of rotatable bonds is 5. The third-order valence-corrected chi connectivity index (χ3v) is 0.861. The zero-order valence-corrected chi connectivity index (χ0v) is 8.45. The Morgan fingerprint density at radius 3 is 2.36 bits per heavy atom. The molecule has 0 aromatic carbocycles. The highest BCUT2D eigenvalue weighted by Crippen LogP contribution is 1.82. The molecule has 0 fully saturated rings. The zero-order chi connectivity index (χ0) is 9.11. The molecule has 0 aliphatic heterocycles. The summed E-state index contributed by atoms with van der Waals surface area (Å²) in [5.41, 5.74) is 5.14. The monoisotopic (exact) mass is 179 g/mol. The molecule has 1 atom stereocenters. The second kappa shape index (κ2) is 12.7. The third-order valence-electron chi connectivity index (χ3n) is 0.861. The van der Waals surface area contributed by atoms with Gasteiger partial charge in [-0.15, -0.1) is 9.24 Å². The number of carbonyl (C=O) groups is 1. The number of hydrogen-bond donors (Lipinski definition) is 1. The fourth-order valence-electron chi connectivity index (χ4n) is 0.401. The Balaban J connectivity index is 0. The maximum Gasteiger partial charge on any atom is 0.132 e. The fourth-order valence-corrected chi connectivity index (χ4v) is 0.401. The highest BCUT2D eigenvalue weighted by atomic mass is 31.0. The van der Waals surface area contributed by atoms with Crippen molar-refractivity contribution in [2.24, 2.45) is 5.73 Å². The van der Waals surface area contributed by atoms with Gasteiger partial charge in [-0.05, 0) is 6.92 Å². The number of carbonyl (C=O) groups excluding carboxylic acids is 1. The van der Waals surface area contributed by atoms with Gasteiger partial charge >= 0.3 is 0 Å². The lowest BCUT2D eigenvalue weighted by Gasteiger charge is -1.97. The first-order valence-corrected chi connectivity index (χ1v) is 4.78. The number of hydrogen-bond acceptors (Lipinski definition) is 3. The predicted octanol–water partition coefficient (Wildman–Crippen LogP) is 0.432. The molecule has 0 spiro atoms. The molecule has 68 valence electrons. The van der Waals surface area contributed by atoms with E-state index in [2.05, 4.69) is 9.24 Å². The lowest BCUT2D eigenvalue weighted by Crippen LogP contribution is -2.10. The van der Waals surface area contributed by atoms with Crippen LogP contribution in [0.4, 0.5) is 0 Å². The molecule has 0 aliphatic rings. The molecule has 0 aliphatic carbocycles. The molecule has 11 heavy (non-hydrogen) atoms. The van der Waals surface area contributed by atoms with E-state index in [1.165, 1.54) is 0 Å². The van der Waals surface area contributed by atoms with Gasteiger partial charge in [0.2, 0.25) is 0 Å². The van der Waals surface area contributed by atoms with Crippen LogP contribution in [0.1, 0.15) is 13.3 Å². The van der Waals surface area contributed by atoms with Crippen molar-refractivity contribution < 1.29 is 9.53 Å². The van der Waals surface area contributed by atoms with Gasteiger partial charge in [0, 0.05) is 13.0 Å². The van der Waals surface area contributed by atoms with Crippen molar-refractivity contribution in [2.45, 2.75) is 13.3 Å². The molecule has 0 radical (unpaired) electrons. The Hall–Kier alpha value is 0.0200. The molecule has 0 amide bonds. The maximum atomic E-state index is 10.3. The molecule has 2 N–H and O–H groups in total.